The number of pyridine rings is 3. The zero-order valence-corrected chi connectivity index (χ0v) is 20.4. The highest BCUT2D eigenvalue weighted by molar-refractivity contribution is 8.00. The van der Waals surface area contributed by atoms with Crippen molar-refractivity contribution in [3.8, 4) is 5.88 Å². The minimum atomic E-state index is -0.379. The summed E-state index contributed by atoms with van der Waals surface area (Å²) in [6, 6.07) is 7.76. The molecule has 1 atom stereocenters. The van der Waals surface area contributed by atoms with E-state index in [1.807, 2.05) is 12.1 Å². The highest BCUT2D eigenvalue weighted by Crippen LogP contribution is 2.31. The maximum Gasteiger partial charge on any atom is 0.235 e. The normalized spacial score (nSPS) is 20.8. The van der Waals surface area contributed by atoms with Crippen LogP contribution >= 0.6 is 11.8 Å². The Morgan fingerprint density at radius 2 is 2.06 bits per heavy atom. The van der Waals surface area contributed by atoms with E-state index < -0.39 is 0 Å². The molecular formula is C25H29FN6O2S. The number of carbonyl (C=O) groups excluding carboxylic acids is 1. The van der Waals surface area contributed by atoms with Crippen LogP contribution in [0.1, 0.15) is 36.9 Å². The molecule has 5 rings (SSSR count). The number of amides is 1. The molecule has 3 aromatic heterocycles. The molecular weight excluding hydrogens is 467 g/mol. The van der Waals surface area contributed by atoms with Crippen LogP contribution in [0.2, 0.25) is 0 Å². The third-order valence-corrected chi connectivity index (χ3v) is 7.92. The van der Waals surface area contributed by atoms with E-state index in [-0.39, 0.29) is 17.8 Å². The van der Waals surface area contributed by atoms with Crippen molar-refractivity contribution in [2.75, 3.05) is 18.2 Å². The lowest BCUT2D eigenvalue weighted by Crippen LogP contribution is -2.40. The minimum Gasteiger partial charge on any atom is -0.481 e. The second-order valence-corrected chi connectivity index (χ2v) is 10.2. The van der Waals surface area contributed by atoms with Crippen molar-refractivity contribution in [1.82, 2.24) is 20.3 Å². The van der Waals surface area contributed by atoms with E-state index in [0.29, 0.717) is 59.0 Å². The van der Waals surface area contributed by atoms with Crippen LogP contribution in [-0.4, -0.2) is 45.8 Å². The molecule has 1 fully saturated rings. The molecule has 4 heterocycles. The van der Waals surface area contributed by atoms with E-state index in [1.54, 1.807) is 12.1 Å². The number of ether oxygens (including phenoxy) is 1. The van der Waals surface area contributed by atoms with Crippen LogP contribution in [0, 0.1) is 11.7 Å². The number of halogens is 1. The number of nitrogens with two attached hydrogens (primary N) is 1. The van der Waals surface area contributed by atoms with Crippen LogP contribution in [0.4, 0.5) is 10.2 Å². The second kappa shape index (κ2) is 10.4. The predicted octanol–water partition coefficient (Wildman–Crippen LogP) is 3.44. The van der Waals surface area contributed by atoms with Gasteiger partial charge >= 0.3 is 0 Å². The Bertz CT molecular complexity index is 1230. The standard InChI is InChI=1S/C25H29FN6O2S/c1-34-23-9-7-20-24(32-23)17(18(26)12-29-20)10-19(27)14-2-4-15(5-3-14)28-11-16-6-8-21-25(30-16)31-22(33)13-35-21/h6-9,12,14-15,19,28H,2-5,10-11,13,27H2,1H3,(H,30,31,33)/t14-,15+,19?. The summed E-state index contributed by atoms with van der Waals surface area (Å²) in [4.78, 5) is 25.8. The molecule has 1 unspecified atom stereocenters. The molecule has 0 bridgehead atoms. The van der Waals surface area contributed by atoms with Gasteiger partial charge in [0.15, 0.2) is 0 Å². The highest BCUT2D eigenvalue weighted by atomic mass is 32.2. The molecule has 184 valence electrons. The lowest BCUT2D eigenvalue weighted by atomic mass is 9.80. The Labute approximate surface area is 207 Å². The fourth-order valence-electron chi connectivity index (χ4n) is 4.89. The largest absolute Gasteiger partial charge is 0.481 e. The first kappa shape index (κ1) is 23.9. The van der Waals surface area contributed by atoms with E-state index in [1.165, 1.54) is 25.1 Å². The molecule has 4 N–H and O–H groups in total. The average Bonchev–Trinajstić information content (AvgIpc) is 2.88. The van der Waals surface area contributed by atoms with Crippen LogP contribution in [0.25, 0.3) is 11.0 Å². The quantitative estimate of drug-likeness (QED) is 0.456. The van der Waals surface area contributed by atoms with Crippen LogP contribution in [0.3, 0.4) is 0 Å². The first-order valence-electron chi connectivity index (χ1n) is 11.9. The van der Waals surface area contributed by atoms with Gasteiger partial charge in [0.2, 0.25) is 11.8 Å². The Morgan fingerprint density at radius 1 is 1.23 bits per heavy atom. The fraction of sp³-hybridized carbons (Fsp3) is 0.440. The minimum absolute atomic E-state index is 0.00988. The molecule has 35 heavy (non-hydrogen) atoms. The van der Waals surface area contributed by atoms with Gasteiger partial charge in [-0.25, -0.2) is 14.4 Å². The monoisotopic (exact) mass is 496 g/mol. The summed E-state index contributed by atoms with van der Waals surface area (Å²) in [5.41, 5.74) is 9.15. The van der Waals surface area contributed by atoms with Crippen LogP contribution < -0.4 is 21.1 Å². The van der Waals surface area contributed by atoms with Crippen molar-refractivity contribution in [2.45, 2.75) is 55.6 Å². The predicted molar refractivity (Wildman–Crippen MR) is 134 cm³/mol. The maximum absolute atomic E-state index is 14.7. The number of rotatable bonds is 7. The number of fused-ring (bicyclic) bond motifs is 2. The number of hydrogen-bond donors (Lipinski definition) is 3. The summed E-state index contributed by atoms with van der Waals surface area (Å²) in [6.45, 7) is 0.650. The number of thioether (sulfide) groups is 1. The summed E-state index contributed by atoms with van der Waals surface area (Å²) in [5, 5.41) is 6.44. The molecule has 1 aliphatic carbocycles. The van der Waals surface area contributed by atoms with Gasteiger partial charge in [-0.3, -0.25) is 9.78 Å². The second-order valence-electron chi connectivity index (χ2n) is 9.15. The summed E-state index contributed by atoms with van der Waals surface area (Å²) >= 11 is 1.51. The van der Waals surface area contributed by atoms with Gasteiger partial charge in [0.05, 0.1) is 40.7 Å². The number of aromatic nitrogens is 3. The van der Waals surface area contributed by atoms with E-state index in [4.69, 9.17) is 10.5 Å². The molecule has 1 aliphatic heterocycles. The Balaban J connectivity index is 1.16. The molecule has 3 aromatic rings. The maximum atomic E-state index is 14.7. The van der Waals surface area contributed by atoms with Gasteiger partial charge in [-0.1, -0.05) is 0 Å². The van der Waals surface area contributed by atoms with Gasteiger partial charge < -0.3 is 21.1 Å². The summed E-state index contributed by atoms with van der Waals surface area (Å²) in [7, 11) is 1.54. The topological polar surface area (TPSA) is 115 Å². The van der Waals surface area contributed by atoms with E-state index >= 15 is 0 Å². The Morgan fingerprint density at radius 3 is 2.86 bits per heavy atom. The van der Waals surface area contributed by atoms with Crippen molar-refractivity contribution >= 4 is 34.5 Å². The summed E-state index contributed by atoms with van der Waals surface area (Å²) in [5.74, 6) is 1.45. The third-order valence-electron chi connectivity index (χ3n) is 6.87. The molecule has 0 radical (unpaired) electrons. The van der Waals surface area contributed by atoms with Crippen LogP contribution in [0.5, 0.6) is 5.88 Å². The van der Waals surface area contributed by atoms with Crippen molar-refractivity contribution < 1.29 is 13.9 Å². The number of nitrogens with one attached hydrogen (secondary N) is 2. The molecule has 1 amide bonds. The van der Waals surface area contributed by atoms with Gasteiger partial charge in [-0.2, -0.15) is 0 Å². The molecule has 1 saturated carbocycles. The number of nitrogens with zero attached hydrogens (tertiary/aromatic N) is 3. The van der Waals surface area contributed by atoms with E-state index in [9.17, 15) is 9.18 Å². The van der Waals surface area contributed by atoms with Crippen molar-refractivity contribution in [3.63, 3.8) is 0 Å². The first-order valence-corrected chi connectivity index (χ1v) is 12.9. The highest BCUT2D eigenvalue weighted by Gasteiger charge is 2.27. The molecule has 0 aromatic carbocycles. The zero-order chi connectivity index (χ0) is 24.4. The molecule has 0 spiro atoms. The van der Waals surface area contributed by atoms with Crippen LogP contribution in [-0.2, 0) is 17.8 Å². The van der Waals surface area contributed by atoms with E-state index in [2.05, 4.69) is 25.6 Å². The summed E-state index contributed by atoms with van der Waals surface area (Å²) in [6.07, 6.45) is 5.62. The molecule has 8 nitrogen and oxygen atoms in total. The number of anilines is 1. The van der Waals surface area contributed by atoms with Gasteiger partial charge in [-0.15, -0.1) is 11.8 Å². The number of hydrogen-bond acceptors (Lipinski definition) is 8. The first-order chi connectivity index (χ1) is 17.0. The molecule has 10 heteroatoms. The van der Waals surface area contributed by atoms with Crippen molar-refractivity contribution in [3.05, 3.63) is 47.5 Å². The lowest BCUT2D eigenvalue weighted by Gasteiger charge is -2.33. The Kier molecular flexibility index (Phi) is 7.12. The zero-order valence-electron chi connectivity index (χ0n) is 19.6. The number of methoxy groups -OCH3 is 1. The van der Waals surface area contributed by atoms with Gasteiger partial charge in [0.1, 0.15) is 11.6 Å². The van der Waals surface area contributed by atoms with Crippen molar-refractivity contribution in [2.24, 2.45) is 11.7 Å². The van der Waals surface area contributed by atoms with Gasteiger partial charge in [0.25, 0.3) is 0 Å². The summed E-state index contributed by atoms with van der Waals surface area (Å²) < 4.78 is 19.9. The smallest absolute Gasteiger partial charge is 0.235 e. The van der Waals surface area contributed by atoms with E-state index in [0.717, 1.165) is 36.3 Å². The van der Waals surface area contributed by atoms with Gasteiger partial charge in [-0.05, 0) is 56.2 Å². The SMILES string of the molecule is COc1ccc2ncc(F)c(CC(N)[C@H]3CC[C@@H](NCc4ccc5c(n4)NC(=O)CS5)CC3)c2n1. The van der Waals surface area contributed by atoms with Gasteiger partial charge in [0, 0.05) is 30.3 Å². The Hall–Kier alpha value is -2.82. The van der Waals surface area contributed by atoms with Crippen LogP contribution in [0.15, 0.2) is 35.4 Å². The van der Waals surface area contributed by atoms with Crippen molar-refractivity contribution in [1.29, 1.82) is 0 Å². The molecule has 0 saturated heterocycles. The lowest BCUT2D eigenvalue weighted by molar-refractivity contribution is -0.113. The third kappa shape index (κ3) is 5.39. The molecule has 2 aliphatic rings. The fourth-order valence-corrected chi connectivity index (χ4v) is 5.65. The number of carbonyl (C=O) groups is 1. The average molecular weight is 497 g/mol.